The molecule has 2 aromatic rings. The topological polar surface area (TPSA) is 114 Å². The standard InChI is InChI=1S/C26H31N3O5/c1-17(2)23(29-26(33)34-16-18-8-4-3-5-9-18)22(30)15-20-14-21-19(10-6-12-27-21)11-7-13-28-25(32)24(20)31/h3-6,8-10,12,17,20,23H,7,11,13-16H2,1-2H3,(H,28,32)(H,29,33). The van der Waals surface area contributed by atoms with Gasteiger partial charge in [0.15, 0.2) is 5.78 Å². The van der Waals surface area contributed by atoms with E-state index in [1.165, 1.54) is 0 Å². The van der Waals surface area contributed by atoms with Gasteiger partial charge < -0.3 is 15.4 Å². The van der Waals surface area contributed by atoms with Crippen LogP contribution in [0, 0.1) is 11.8 Å². The normalized spacial score (nSPS) is 17.3. The minimum absolute atomic E-state index is 0.0788. The largest absolute Gasteiger partial charge is 0.445 e. The van der Waals surface area contributed by atoms with Gasteiger partial charge in [0, 0.05) is 37.2 Å². The summed E-state index contributed by atoms with van der Waals surface area (Å²) in [5.74, 6) is -2.74. The highest BCUT2D eigenvalue weighted by Gasteiger charge is 2.33. The molecular weight excluding hydrogens is 434 g/mol. The number of nitrogens with one attached hydrogen (secondary N) is 2. The van der Waals surface area contributed by atoms with Gasteiger partial charge in [-0.05, 0) is 36.0 Å². The van der Waals surface area contributed by atoms with Gasteiger partial charge in [-0.25, -0.2) is 4.79 Å². The van der Waals surface area contributed by atoms with Crippen molar-refractivity contribution in [2.45, 2.75) is 52.2 Å². The van der Waals surface area contributed by atoms with E-state index in [1.807, 2.05) is 42.5 Å². The van der Waals surface area contributed by atoms with Crippen LogP contribution in [-0.2, 0) is 38.6 Å². The zero-order valence-electron chi connectivity index (χ0n) is 19.6. The maximum absolute atomic E-state index is 13.2. The fourth-order valence-corrected chi connectivity index (χ4v) is 4.01. The lowest BCUT2D eigenvalue weighted by Crippen LogP contribution is -2.46. The monoisotopic (exact) mass is 465 g/mol. The van der Waals surface area contributed by atoms with Gasteiger partial charge in [0.25, 0.3) is 5.91 Å². The molecule has 0 saturated heterocycles. The molecule has 1 aromatic carbocycles. The molecule has 3 rings (SSSR count). The number of aryl methyl sites for hydroxylation is 1. The Morgan fingerprint density at radius 1 is 1.15 bits per heavy atom. The van der Waals surface area contributed by atoms with Crippen molar-refractivity contribution in [3.8, 4) is 0 Å². The number of benzene rings is 1. The number of Topliss-reactive ketones (excluding diaryl/α,β-unsaturated/α-hetero) is 2. The highest BCUT2D eigenvalue weighted by atomic mass is 16.5. The number of pyridine rings is 1. The van der Waals surface area contributed by atoms with Gasteiger partial charge in [-0.15, -0.1) is 0 Å². The number of carbonyl (C=O) groups excluding carboxylic acids is 4. The first-order chi connectivity index (χ1) is 16.3. The van der Waals surface area contributed by atoms with Crippen molar-refractivity contribution in [1.82, 2.24) is 15.6 Å². The third-order valence-corrected chi connectivity index (χ3v) is 5.87. The highest BCUT2D eigenvalue weighted by Crippen LogP contribution is 2.20. The number of alkyl carbamates (subject to hydrolysis) is 1. The van der Waals surface area contributed by atoms with E-state index < -0.39 is 29.7 Å². The third kappa shape index (κ3) is 6.97. The van der Waals surface area contributed by atoms with E-state index in [2.05, 4.69) is 15.6 Å². The number of ketones is 2. The first kappa shape index (κ1) is 25.1. The first-order valence-corrected chi connectivity index (χ1v) is 11.6. The molecule has 1 aromatic heterocycles. The summed E-state index contributed by atoms with van der Waals surface area (Å²) >= 11 is 0. The van der Waals surface area contributed by atoms with Crippen LogP contribution in [0.5, 0.6) is 0 Å². The van der Waals surface area contributed by atoms with Crippen LogP contribution in [0.3, 0.4) is 0 Å². The molecule has 8 nitrogen and oxygen atoms in total. The van der Waals surface area contributed by atoms with Crippen LogP contribution in [0.4, 0.5) is 4.79 Å². The Bertz CT molecular complexity index is 1020. The van der Waals surface area contributed by atoms with E-state index >= 15 is 0 Å². The van der Waals surface area contributed by atoms with Crippen molar-refractivity contribution < 1.29 is 23.9 Å². The lowest BCUT2D eigenvalue weighted by atomic mass is 9.86. The quantitative estimate of drug-likeness (QED) is 0.608. The number of ether oxygens (including phenoxy) is 1. The molecule has 2 N–H and O–H groups in total. The third-order valence-electron chi connectivity index (χ3n) is 5.87. The minimum atomic E-state index is -0.859. The van der Waals surface area contributed by atoms with E-state index in [4.69, 9.17) is 4.74 Å². The van der Waals surface area contributed by atoms with E-state index in [-0.39, 0.29) is 31.1 Å². The second-order valence-electron chi connectivity index (χ2n) is 8.83. The number of hydrogen-bond acceptors (Lipinski definition) is 6. The molecule has 180 valence electrons. The molecule has 0 spiro atoms. The van der Waals surface area contributed by atoms with Crippen LogP contribution >= 0.6 is 0 Å². The lowest BCUT2D eigenvalue weighted by Gasteiger charge is -2.24. The molecule has 0 bridgehead atoms. The number of carbonyl (C=O) groups is 4. The van der Waals surface area contributed by atoms with Gasteiger partial charge in [0.05, 0.1) is 6.04 Å². The Morgan fingerprint density at radius 2 is 1.91 bits per heavy atom. The summed E-state index contributed by atoms with van der Waals surface area (Å²) < 4.78 is 5.26. The van der Waals surface area contributed by atoms with Crippen molar-refractivity contribution in [2.75, 3.05) is 6.54 Å². The molecular formula is C26H31N3O5. The van der Waals surface area contributed by atoms with Gasteiger partial charge in [-0.1, -0.05) is 50.2 Å². The first-order valence-electron chi connectivity index (χ1n) is 11.6. The second-order valence-corrected chi connectivity index (χ2v) is 8.83. The Kier molecular flexibility index (Phi) is 8.90. The molecule has 8 heteroatoms. The molecule has 2 amide bonds. The van der Waals surface area contributed by atoms with Crippen LogP contribution in [0.2, 0.25) is 0 Å². The molecule has 0 aliphatic carbocycles. The molecule has 0 fully saturated rings. The molecule has 1 aliphatic rings. The average Bonchev–Trinajstić information content (AvgIpc) is 2.83. The van der Waals surface area contributed by atoms with Crippen molar-refractivity contribution in [1.29, 1.82) is 0 Å². The highest BCUT2D eigenvalue weighted by molar-refractivity contribution is 6.37. The fraction of sp³-hybridized carbons (Fsp3) is 0.423. The number of amides is 2. The van der Waals surface area contributed by atoms with Crippen molar-refractivity contribution in [3.05, 3.63) is 65.5 Å². The summed E-state index contributed by atoms with van der Waals surface area (Å²) in [5, 5.41) is 5.28. The molecule has 2 atom stereocenters. The number of hydrogen-bond donors (Lipinski definition) is 2. The van der Waals surface area contributed by atoms with Crippen molar-refractivity contribution in [3.63, 3.8) is 0 Å². The van der Waals surface area contributed by atoms with Crippen molar-refractivity contribution >= 4 is 23.6 Å². The summed E-state index contributed by atoms with van der Waals surface area (Å²) in [6, 6.07) is 12.2. The van der Waals surface area contributed by atoms with E-state index in [9.17, 15) is 19.2 Å². The Labute approximate surface area is 199 Å². The maximum Gasteiger partial charge on any atom is 0.408 e. The zero-order valence-corrected chi connectivity index (χ0v) is 19.6. The molecule has 0 saturated carbocycles. The van der Waals surface area contributed by atoms with Gasteiger partial charge in [-0.3, -0.25) is 19.4 Å². The van der Waals surface area contributed by atoms with E-state index in [0.29, 0.717) is 13.0 Å². The second kappa shape index (κ2) is 12.1. The van der Waals surface area contributed by atoms with Crippen LogP contribution in [0.15, 0.2) is 48.7 Å². The molecule has 0 radical (unpaired) electrons. The van der Waals surface area contributed by atoms with Gasteiger partial charge in [0.1, 0.15) is 6.61 Å². The summed E-state index contributed by atoms with van der Waals surface area (Å²) in [6.07, 6.45) is 2.38. The summed E-state index contributed by atoms with van der Waals surface area (Å²) in [4.78, 5) is 55.2. The number of fused-ring (bicyclic) bond motifs is 1. The predicted octanol–water partition coefficient (Wildman–Crippen LogP) is 2.78. The summed E-state index contributed by atoms with van der Waals surface area (Å²) in [7, 11) is 0. The molecule has 1 aliphatic heterocycles. The van der Waals surface area contributed by atoms with E-state index in [0.717, 1.165) is 23.2 Å². The van der Waals surface area contributed by atoms with Crippen LogP contribution in [0.25, 0.3) is 0 Å². The average molecular weight is 466 g/mol. The Balaban J connectivity index is 1.70. The molecule has 34 heavy (non-hydrogen) atoms. The number of rotatable bonds is 7. The van der Waals surface area contributed by atoms with Gasteiger partial charge in [-0.2, -0.15) is 0 Å². The zero-order chi connectivity index (χ0) is 24.5. The lowest BCUT2D eigenvalue weighted by molar-refractivity contribution is -0.141. The SMILES string of the molecule is CC(C)C(NC(=O)OCc1ccccc1)C(=O)CC1Cc2ncccc2CCCNC(=O)C1=O. The van der Waals surface area contributed by atoms with E-state index in [1.54, 1.807) is 20.0 Å². The molecule has 2 unspecified atom stereocenters. The predicted molar refractivity (Wildman–Crippen MR) is 126 cm³/mol. The fourth-order valence-electron chi connectivity index (χ4n) is 4.01. The Morgan fingerprint density at radius 3 is 2.65 bits per heavy atom. The number of nitrogens with zero attached hydrogens (tertiary/aromatic N) is 1. The molecule has 2 heterocycles. The number of aromatic nitrogens is 1. The minimum Gasteiger partial charge on any atom is -0.445 e. The van der Waals surface area contributed by atoms with Crippen molar-refractivity contribution in [2.24, 2.45) is 11.8 Å². The van der Waals surface area contributed by atoms with Crippen LogP contribution in [-0.4, -0.2) is 41.1 Å². The Hall–Kier alpha value is -3.55. The summed E-state index contributed by atoms with van der Waals surface area (Å²) in [5.41, 5.74) is 2.56. The summed E-state index contributed by atoms with van der Waals surface area (Å²) in [6.45, 7) is 4.07. The maximum atomic E-state index is 13.2. The van der Waals surface area contributed by atoms with Gasteiger partial charge in [0.2, 0.25) is 5.78 Å². The smallest absolute Gasteiger partial charge is 0.408 e. The van der Waals surface area contributed by atoms with Gasteiger partial charge >= 0.3 is 6.09 Å². The van der Waals surface area contributed by atoms with Crippen LogP contribution in [0.1, 0.15) is 43.5 Å². The van der Waals surface area contributed by atoms with Crippen LogP contribution < -0.4 is 10.6 Å².